The Morgan fingerprint density at radius 3 is 2.59 bits per heavy atom. The molecule has 1 aliphatic heterocycles. The van der Waals surface area contributed by atoms with E-state index in [0.717, 1.165) is 42.3 Å². The van der Waals surface area contributed by atoms with Crippen molar-refractivity contribution < 1.29 is 4.74 Å². The largest absolute Gasteiger partial charge is 0.372 e. The first-order valence-corrected chi connectivity index (χ1v) is 11.8. The van der Waals surface area contributed by atoms with Crippen LogP contribution in [0.4, 0.5) is 17.3 Å². The van der Waals surface area contributed by atoms with E-state index in [1.165, 1.54) is 0 Å². The number of rotatable bonds is 4. The molecule has 2 atom stereocenters. The van der Waals surface area contributed by atoms with Crippen LogP contribution in [0.1, 0.15) is 25.8 Å². The molecule has 0 radical (unpaired) electrons. The maximum atomic E-state index is 13.3. The highest BCUT2D eigenvalue weighted by Crippen LogP contribution is 2.29. The van der Waals surface area contributed by atoms with Crippen molar-refractivity contribution >= 4 is 34.1 Å². The second kappa shape index (κ2) is 9.31. The van der Waals surface area contributed by atoms with Crippen molar-refractivity contribution in [3.63, 3.8) is 0 Å². The standard InChI is InChI=1S/C28H30N4O2/c1-19-15-25(31-17-20(2)34-21(3)18-31)30-28-27(19)24(33)16-26(29-22-11-7-6-8-12-22)32(28)23-13-9-4-5-10-14-23/h4-9,11-16,20-21,29H,10,17-18H2,1-3H3. The first kappa shape index (κ1) is 22.2. The van der Waals surface area contributed by atoms with Crippen LogP contribution in [0, 0.1) is 6.92 Å². The predicted octanol–water partition coefficient (Wildman–Crippen LogP) is 5.42. The zero-order valence-electron chi connectivity index (χ0n) is 19.9. The normalized spacial score (nSPS) is 20.3. The summed E-state index contributed by atoms with van der Waals surface area (Å²) in [6.45, 7) is 7.70. The first-order valence-electron chi connectivity index (χ1n) is 11.8. The molecule has 1 saturated heterocycles. The molecule has 0 spiro atoms. The van der Waals surface area contributed by atoms with Gasteiger partial charge in [0, 0.05) is 30.5 Å². The number of morpholine rings is 1. The second-order valence-corrected chi connectivity index (χ2v) is 9.03. The Morgan fingerprint density at radius 1 is 1.06 bits per heavy atom. The summed E-state index contributed by atoms with van der Waals surface area (Å²) >= 11 is 0. The lowest BCUT2D eigenvalue weighted by Crippen LogP contribution is -2.46. The summed E-state index contributed by atoms with van der Waals surface area (Å²) in [5.74, 6) is 1.56. The van der Waals surface area contributed by atoms with Gasteiger partial charge in [0.1, 0.15) is 11.6 Å². The highest BCUT2D eigenvalue weighted by molar-refractivity contribution is 5.88. The highest BCUT2D eigenvalue weighted by atomic mass is 16.5. The molecule has 5 rings (SSSR count). The minimum absolute atomic E-state index is 0.0405. The predicted molar refractivity (Wildman–Crippen MR) is 140 cm³/mol. The van der Waals surface area contributed by atoms with Crippen LogP contribution in [0.3, 0.4) is 0 Å². The average Bonchev–Trinajstić information content (AvgIpc) is 3.08. The fourth-order valence-electron chi connectivity index (χ4n) is 4.76. The third-order valence-corrected chi connectivity index (χ3v) is 6.18. The molecule has 0 bridgehead atoms. The second-order valence-electron chi connectivity index (χ2n) is 9.03. The number of hydrogen-bond donors (Lipinski definition) is 1. The lowest BCUT2D eigenvalue weighted by molar-refractivity contribution is -0.00544. The number of ether oxygens (including phenoxy) is 1. The smallest absolute Gasteiger partial charge is 0.193 e. The van der Waals surface area contributed by atoms with E-state index in [-0.39, 0.29) is 17.6 Å². The first-order chi connectivity index (χ1) is 16.5. The minimum atomic E-state index is -0.0405. The van der Waals surface area contributed by atoms with Gasteiger partial charge in [-0.2, -0.15) is 0 Å². The Hall–Kier alpha value is -3.64. The fourth-order valence-corrected chi connectivity index (χ4v) is 4.76. The Kier molecular flexibility index (Phi) is 6.07. The van der Waals surface area contributed by atoms with E-state index >= 15 is 0 Å². The van der Waals surface area contributed by atoms with E-state index in [9.17, 15) is 4.79 Å². The molecule has 1 N–H and O–H groups in total. The quantitative estimate of drug-likeness (QED) is 0.571. The highest BCUT2D eigenvalue weighted by Gasteiger charge is 2.25. The zero-order valence-corrected chi connectivity index (χ0v) is 19.9. The SMILES string of the molecule is Cc1cc(N2CC(C)OC(C)C2)nc2c1c(=O)cc(Nc1ccccc1)n2C1=CCC=CC=C1. The lowest BCUT2D eigenvalue weighted by Gasteiger charge is -2.36. The molecule has 3 heterocycles. The van der Waals surface area contributed by atoms with Gasteiger partial charge in [-0.15, -0.1) is 0 Å². The number of fused-ring (bicyclic) bond motifs is 1. The van der Waals surface area contributed by atoms with Gasteiger partial charge in [0.2, 0.25) is 0 Å². The third kappa shape index (κ3) is 4.41. The molecule has 1 aromatic carbocycles. The van der Waals surface area contributed by atoms with Gasteiger partial charge in [-0.05, 0) is 57.0 Å². The molecule has 1 fully saturated rings. The van der Waals surface area contributed by atoms with E-state index < -0.39 is 0 Å². The molecule has 6 nitrogen and oxygen atoms in total. The van der Waals surface area contributed by atoms with E-state index in [2.05, 4.69) is 46.9 Å². The summed E-state index contributed by atoms with van der Waals surface area (Å²) in [5, 5.41) is 4.09. The van der Waals surface area contributed by atoms with Gasteiger partial charge in [-0.3, -0.25) is 9.36 Å². The van der Waals surface area contributed by atoms with Crippen LogP contribution < -0.4 is 15.6 Å². The van der Waals surface area contributed by atoms with E-state index in [0.29, 0.717) is 16.9 Å². The molecular weight excluding hydrogens is 424 g/mol. The number of allylic oxidation sites excluding steroid dienone is 6. The molecule has 34 heavy (non-hydrogen) atoms. The van der Waals surface area contributed by atoms with Gasteiger partial charge in [0.15, 0.2) is 11.1 Å². The van der Waals surface area contributed by atoms with Gasteiger partial charge in [0.05, 0.1) is 17.6 Å². The van der Waals surface area contributed by atoms with Crippen LogP contribution in [0.2, 0.25) is 0 Å². The van der Waals surface area contributed by atoms with Gasteiger partial charge in [0.25, 0.3) is 0 Å². The molecule has 3 aromatic rings. The molecule has 2 aromatic heterocycles. The van der Waals surface area contributed by atoms with Gasteiger partial charge in [-0.1, -0.05) is 42.5 Å². The summed E-state index contributed by atoms with van der Waals surface area (Å²) in [6, 6.07) is 13.6. The van der Waals surface area contributed by atoms with E-state index in [1.54, 1.807) is 6.07 Å². The molecule has 1 aliphatic carbocycles. The number of aromatic nitrogens is 2. The molecule has 0 amide bonds. The topological polar surface area (TPSA) is 59.4 Å². The van der Waals surface area contributed by atoms with E-state index in [4.69, 9.17) is 9.72 Å². The minimum Gasteiger partial charge on any atom is -0.372 e. The number of benzene rings is 1. The van der Waals surface area contributed by atoms with Crippen LogP contribution >= 0.6 is 0 Å². The lowest BCUT2D eigenvalue weighted by atomic mass is 10.1. The third-order valence-electron chi connectivity index (χ3n) is 6.18. The summed E-state index contributed by atoms with van der Waals surface area (Å²) in [7, 11) is 0. The molecule has 174 valence electrons. The van der Waals surface area contributed by atoms with Crippen molar-refractivity contribution in [1.29, 1.82) is 0 Å². The van der Waals surface area contributed by atoms with Gasteiger partial charge < -0.3 is 15.0 Å². The van der Waals surface area contributed by atoms with Crippen LogP contribution in [-0.2, 0) is 4.74 Å². The van der Waals surface area contributed by atoms with Gasteiger partial charge in [-0.25, -0.2) is 4.98 Å². The Morgan fingerprint density at radius 2 is 1.82 bits per heavy atom. The number of nitrogens with zero attached hydrogens (tertiary/aromatic N) is 3. The number of aryl methyl sites for hydroxylation is 1. The van der Waals surface area contributed by atoms with Crippen molar-refractivity contribution in [2.45, 2.75) is 39.4 Å². The van der Waals surface area contributed by atoms with Crippen LogP contribution in [0.15, 0.2) is 77.6 Å². The zero-order chi connectivity index (χ0) is 23.7. The molecule has 2 unspecified atom stereocenters. The number of para-hydroxylation sites is 1. The average molecular weight is 455 g/mol. The molecule has 6 heteroatoms. The summed E-state index contributed by atoms with van der Waals surface area (Å²) in [4.78, 5) is 20.7. The van der Waals surface area contributed by atoms with E-state index in [1.807, 2.05) is 55.5 Å². The number of hydrogen-bond acceptors (Lipinski definition) is 5. The van der Waals surface area contributed by atoms with Crippen LogP contribution in [0.5, 0.6) is 0 Å². The fraction of sp³-hybridized carbons (Fsp3) is 0.286. The molecular formula is C28H30N4O2. The maximum absolute atomic E-state index is 13.3. The number of pyridine rings is 2. The number of nitrogens with one attached hydrogen (secondary N) is 1. The Balaban J connectivity index is 1.74. The summed E-state index contributed by atoms with van der Waals surface area (Å²) in [6.07, 6.45) is 11.4. The molecule has 0 saturated carbocycles. The summed E-state index contributed by atoms with van der Waals surface area (Å²) < 4.78 is 8.00. The van der Waals surface area contributed by atoms with Crippen LogP contribution in [0.25, 0.3) is 16.7 Å². The maximum Gasteiger partial charge on any atom is 0.193 e. The van der Waals surface area contributed by atoms with Crippen molar-refractivity contribution in [1.82, 2.24) is 9.55 Å². The van der Waals surface area contributed by atoms with Crippen LogP contribution in [-0.4, -0.2) is 34.8 Å². The van der Waals surface area contributed by atoms with Crippen molar-refractivity contribution in [3.05, 3.63) is 88.6 Å². The van der Waals surface area contributed by atoms with Crippen molar-refractivity contribution in [2.24, 2.45) is 0 Å². The number of anilines is 3. The monoisotopic (exact) mass is 454 g/mol. The Bertz CT molecular complexity index is 1340. The van der Waals surface area contributed by atoms with Gasteiger partial charge >= 0.3 is 0 Å². The van der Waals surface area contributed by atoms with Crippen molar-refractivity contribution in [2.75, 3.05) is 23.3 Å². The summed E-state index contributed by atoms with van der Waals surface area (Å²) in [5.41, 5.74) is 3.43. The Labute approximate surface area is 199 Å². The molecule has 2 aliphatic rings. The van der Waals surface area contributed by atoms with Crippen molar-refractivity contribution in [3.8, 4) is 0 Å².